The second-order valence-electron chi connectivity index (χ2n) is 6.41. The van der Waals surface area contributed by atoms with E-state index in [4.69, 9.17) is 9.47 Å². The number of benzene rings is 1. The van der Waals surface area contributed by atoms with Gasteiger partial charge in [0.2, 0.25) is 0 Å². The van der Waals surface area contributed by atoms with Crippen LogP contribution in [0.25, 0.3) is 0 Å². The Labute approximate surface area is 157 Å². The molecule has 1 aromatic carbocycles. The van der Waals surface area contributed by atoms with Gasteiger partial charge in [0.05, 0.1) is 12.2 Å². The van der Waals surface area contributed by atoms with Crippen molar-refractivity contribution in [3.63, 3.8) is 0 Å². The molecule has 0 spiro atoms. The fourth-order valence-corrected chi connectivity index (χ4v) is 4.44. The number of rotatable bonds is 6. The summed E-state index contributed by atoms with van der Waals surface area (Å²) in [5, 5.41) is 13.0. The van der Waals surface area contributed by atoms with Crippen LogP contribution < -0.4 is 14.8 Å². The average Bonchev–Trinajstić information content (AvgIpc) is 2.97. The van der Waals surface area contributed by atoms with Gasteiger partial charge < -0.3 is 14.8 Å². The fraction of sp³-hybridized carbons (Fsp3) is 0.400. The molecule has 1 N–H and O–H groups in total. The Bertz CT molecular complexity index is 821. The number of amides is 1. The van der Waals surface area contributed by atoms with E-state index < -0.39 is 0 Å². The number of hydrogen-bond acceptors (Lipinski definition) is 5. The maximum Gasteiger partial charge on any atom is 0.262 e. The number of nitriles is 1. The van der Waals surface area contributed by atoms with E-state index in [1.807, 2.05) is 6.92 Å². The van der Waals surface area contributed by atoms with E-state index in [2.05, 4.69) is 18.3 Å². The van der Waals surface area contributed by atoms with Gasteiger partial charge in [-0.15, -0.1) is 11.3 Å². The summed E-state index contributed by atoms with van der Waals surface area (Å²) in [5.41, 5.74) is 1.73. The van der Waals surface area contributed by atoms with Crippen molar-refractivity contribution in [3.05, 3.63) is 40.3 Å². The first-order chi connectivity index (χ1) is 12.6. The molecule has 1 aliphatic rings. The van der Waals surface area contributed by atoms with E-state index in [-0.39, 0.29) is 12.5 Å². The Hall–Kier alpha value is -2.52. The van der Waals surface area contributed by atoms with Crippen LogP contribution in [0.4, 0.5) is 5.00 Å². The molecule has 136 valence electrons. The largest absolute Gasteiger partial charge is 0.494 e. The van der Waals surface area contributed by atoms with E-state index in [1.165, 1.54) is 16.2 Å². The van der Waals surface area contributed by atoms with Crippen molar-refractivity contribution in [1.82, 2.24) is 0 Å². The van der Waals surface area contributed by atoms with Crippen LogP contribution in [0.5, 0.6) is 11.5 Å². The number of anilines is 1. The SMILES string of the molecule is CCOc1ccc(OCC(=O)Nc2sc3c(c2C#N)CCC(C)C3)cc1. The minimum absolute atomic E-state index is 0.0994. The first-order valence-electron chi connectivity index (χ1n) is 8.80. The van der Waals surface area contributed by atoms with E-state index in [1.54, 1.807) is 24.3 Å². The number of ether oxygens (including phenoxy) is 2. The van der Waals surface area contributed by atoms with Crippen LogP contribution in [0.15, 0.2) is 24.3 Å². The van der Waals surface area contributed by atoms with Crippen LogP contribution in [0.3, 0.4) is 0 Å². The topological polar surface area (TPSA) is 71.3 Å². The van der Waals surface area contributed by atoms with Crippen molar-refractivity contribution in [1.29, 1.82) is 5.26 Å². The molecule has 0 aliphatic heterocycles. The molecule has 6 heteroatoms. The standard InChI is InChI=1S/C20H22N2O3S/c1-3-24-14-5-7-15(8-6-14)25-12-19(23)22-20-17(11-21)16-9-4-13(2)10-18(16)26-20/h5-8,13H,3-4,9-10,12H2,1-2H3,(H,22,23). The highest BCUT2D eigenvalue weighted by molar-refractivity contribution is 7.16. The lowest BCUT2D eigenvalue weighted by Gasteiger charge is -2.17. The molecular formula is C20H22N2O3S. The Morgan fingerprint density at radius 2 is 2.00 bits per heavy atom. The van der Waals surface area contributed by atoms with Crippen molar-refractivity contribution in [2.24, 2.45) is 5.92 Å². The first-order valence-corrected chi connectivity index (χ1v) is 9.62. The molecular weight excluding hydrogens is 348 g/mol. The summed E-state index contributed by atoms with van der Waals surface area (Å²) >= 11 is 1.52. The first kappa shape index (κ1) is 18.3. The molecule has 2 aromatic rings. The van der Waals surface area contributed by atoms with Gasteiger partial charge in [0.15, 0.2) is 6.61 Å². The van der Waals surface area contributed by atoms with Gasteiger partial charge in [-0.3, -0.25) is 4.79 Å². The average molecular weight is 370 g/mol. The molecule has 5 nitrogen and oxygen atoms in total. The summed E-state index contributed by atoms with van der Waals surface area (Å²) in [6.07, 6.45) is 2.98. The van der Waals surface area contributed by atoms with Crippen molar-refractivity contribution in [2.75, 3.05) is 18.5 Å². The maximum atomic E-state index is 12.2. The minimum Gasteiger partial charge on any atom is -0.494 e. The Kier molecular flexibility index (Phi) is 5.79. The molecule has 0 fully saturated rings. The molecule has 0 bridgehead atoms. The lowest BCUT2D eigenvalue weighted by atomic mass is 9.89. The van der Waals surface area contributed by atoms with E-state index in [0.29, 0.717) is 28.8 Å². The quantitative estimate of drug-likeness (QED) is 0.829. The molecule has 0 saturated carbocycles. The summed E-state index contributed by atoms with van der Waals surface area (Å²) in [7, 11) is 0. The van der Waals surface area contributed by atoms with Gasteiger partial charge in [-0.2, -0.15) is 5.26 Å². The third-order valence-electron chi connectivity index (χ3n) is 4.38. The predicted molar refractivity (Wildman–Crippen MR) is 102 cm³/mol. The molecule has 26 heavy (non-hydrogen) atoms. The lowest BCUT2D eigenvalue weighted by molar-refractivity contribution is -0.118. The zero-order valence-corrected chi connectivity index (χ0v) is 15.8. The van der Waals surface area contributed by atoms with Crippen molar-refractivity contribution < 1.29 is 14.3 Å². The Balaban J connectivity index is 1.61. The zero-order chi connectivity index (χ0) is 18.5. The molecule has 1 heterocycles. The highest BCUT2D eigenvalue weighted by atomic mass is 32.1. The van der Waals surface area contributed by atoms with Crippen LogP contribution in [0, 0.1) is 17.2 Å². The van der Waals surface area contributed by atoms with Crippen molar-refractivity contribution in [3.8, 4) is 17.6 Å². The van der Waals surface area contributed by atoms with Crippen LogP contribution in [-0.4, -0.2) is 19.1 Å². The number of fused-ring (bicyclic) bond motifs is 1. The Morgan fingerprint density at radius 1 is 1.31 bits per heavy atom. The number of thiophene rings is 1. The third kappa shape index (κ3) is 4.17. The summed E-state index contributed by atoms with van der Waals surface area (Å²) < 4.78 is 10.9. The molecule has 3 rings (SSSR count). The summed E-state index contributed by atoms with van der Waals surface area (Å²) in [6.45, 7) is 4.65. The molecule has 0 radical (unpaired) electrons. The van der Waals surface area contributed by atoms with Crippen LogP contribution in [0.1, 0.15) is 36.3 Å². The smallest absolute Gasteiger partial charge is 0.262 e. The van der Waals surface area contributed by atoms with Gasteiger partial charge >= 0.3 is 0 Å². The molecule has 0 saturated heterocycles. The van der Waals surface area contributed by atoms with Crippen LogP contribution in [0.2, 0.25) is 0 Å². The molecule has 1 aliphatic carbocycles. The highest BCUT2D eigenvalue weighted by Crippen LogP contribution is 2.39. The highest BCUT2D eigenvalue weighted by Gasteiger charge is 2.24. The number of nitrogens with zero attached hydrogens (tertiary/aromatic N) is 1. The fourth-order valence-electron chi connectivity index (χ4n) is 3.07. The van der Waals surface area contributed by atoms with Gasteiger partial charge in [0, 0.05) is 4.88 Å². The summed E-state index contributed by atoms with van der Waals surface area (Å²) in [4.78, 5) is 13.5. The number of hydrogen-bond donors (Lipinski definition) is 1. The van der Waals surface area contributed by atoms with E-state index in [9.17, 15) is 10.1 Å². The maximum absolute atomic E-state index is 12.2. The lowest BCUT2D eigenvalue weighted by Crippen LogP contribution is -2.20. The second-order valence-corrected chi connectivity index (χ2v) is 7.51. The van der Waals surface area contributed by atoms with Crippen LogP contribution in [-0.2, 0) is 17.6 Å². The van der Waals surface area contributed by atoms with E-state index >= 15 is 0 Å². The van der Waals surface area contributed by atoms with Crippen molar-refractivity contribution in [2.45, 2.75) is 33.1 Å². The van der Waals surface area contributed by atoms with Gasteiger partial charge in [0.1, 0.15) is 22.6 Å². The molecule has 1 aromatic heterocycles. The normalized spacial score (nSPS) is 15.7. The molecule has 1 amide bonds. The molecule has 1 unspecified atom stereocenters. The monoisotopic (exact) mass is 370 g/mol. The minimum atomic E-state index is -0.262. The van der Waals surface area contributed by atoms with Gasteiger partial charge in [-0.25, -0.2) is 0 Å². The Morgan fingerprint density at radius 3 is 2.65 bits per heavy atom. The predicted octanol–water partition coefficient (Wildman–Crippen LogP) is 4.16. The molecule has 1 atom stereocenters. The van der Waals surface area contributed by atoms with Gasteiger partial charge in [-0.1, -0.05) is 6.92 Å². The zero-order valence-electron chi connectivity index (χ0n) is 15.0. The van der Waals surface area contributed by atoms with Gasteiger partial charge in [0.25, 0.3) is 5.91 Å². The van der Waals surface area contributed by atoms with Crippen molar-refractivity contribution >= 4 is 22.2 Å². The number of nitrogens with one attached hydrogen (secondary N) is 1. The summed E-state index contributed by atoms with van der Waals surface area (Å²) in [6, 6.07) is 9.40. The number of carbonyl (C=O) groups excluding carboxylic acids is 1. The van der Waals surface area contributed by atoms with E-state index in [0.717, 1.165) is 30.6 Å². The second kappa shape index (κ2) is 8.24. The number of carbonyl (C=O) groups is 1. The van der Waals surface area contributed by atoms with Crippen LogP contribution >= 0.6 is 11.3 Å². The van der Waals surface area contributed by atoms with Gasteiger partial charge in [-0.05, 0) is 61.9 Å². The summed E-state index contributed by atoms with van der Waals surface area (Å²) in [5.74, 6) is 1.73. The third-order valence-corrected chi connectivity index (χ3v) is 5.55.